The lowest BCUT2D eigenvalue weighted by Gasteiger charge is -2.61. The van der Waals surface area contributed by atoms with Crippen molar-refractivity contribution in [2.75, 3.05) is 12.4 Å². The molecule has 4 aliphatic carbocycles. The van der Waals surface area contributed by atoms with E-state index in [-0.39, 0.29) is 41.3 Å². The average Bonchev–Trinajstić information content (AvgIpc) is 3.24. The molecular weight excluding hydrogens is 557 g/mol. The number of nitrogens with zero attached hydrogens (tertiary/aromatic N) is 1. The molecule has 0 amide bonds. The fraction of sp³-hybridized carbons (Fsp3) is 0.594. The van der Waals surface area contributed by atoms with Gasteiger partial charge in [-0.2, -0.15) is 5.26 Å². The van der Waals surface area contributed by atoms with E-state index < -0.39 is 28.7 Å². The predicted octanol–water partition coefficient (Wildman–Crippen LogP) is 4.95. The molecule has 1 aromatic rings. The highest BCUT2D eigenvalue weighted by Crippen LogP contribution is 2.69. The van der Waals surface area contributed by atoms with E-state index in [9.17, 15) is 24.7 Å². The normalized spacial score (nSPS) is 36.1. The first-order valence-electron chi connectivity index (χ1n) is 14.8. The molecule has 5 rings (SSSR count). The van der Waals surface area contributed by atoms with Crippen LogP contribution in [0.3, 0.4) is 0 Å². The Bertz CT molecular complexity index is 1330. The molecule has 0 aliphatic heterocycles. The second-order valence-electron chi connectivity index (χ2n) is 12.6. The van der Waals surface area contributed by atoms with Crippen LogP contribution in [-0.2, 0) is 9.47 Å². The molecule has 0 heterocycles. The van der Waals surface area contributed by atoms with Gasteiger partial charge in [0.25, 0.3) is 0 Å². The number of benzene rings is 1. The summed E-state index contributed by atoms with van der Waals surface area (Å²) in [7, 11) is 0. The highest BCUT2D eigenvalue weighted by Gasteiger charge is 2.70. The molecule has 42 heavy (non-hydrogen) atoms. The number of hydrogen-bond donors (Lipinski definition) is 4. The van der Waals surface area contributed by atoms with Gasteiger partial charge >= 0.3 is 6.16 Å². The number of hydrogen-bond acceptors (Lipinski definition) is 8. The van der Waals surface area contributed by atoms with Crippen molar-refractivity contribution in [2.24, 2.45) is 28.6 Å². The number of carbonyl (C=O) groups excluding carboxylic acids is 1. The molecular formula is C32H41FN3O5S+. The molecule has 3 saturated carbocycles. The third-order valence-corrected chi connectivity index (χ3v) is 11.7. The van der Waals surface area contributed by atoms with Gasteiger partial charge in [0.2, 0.25) is 0 Å². The van der Waals surface area contributed by atoms with Crippen LogP contribution in [0.5, 0.6) is 0 Å². The number of allylic oxidation sites excluding steroid dienone is 3. The van der Waals surface area contributed by atoms with Crippen molar-refractivity contribution in [3.05, 3.63) is 53.0 Å². The Morgan fingerprint density at radius 3 is 2.74 bits per heavy atom. The van der Waals surface area contributed by atoms with E-state index in [1.807, 2.05) is 12.2 Å². The Morgan fingerprint density at radius 2 is 2.07 bits per heavy atom. The van der Waals surface area contributed by atoms with Crippen molar-refractivity contribution >= 4 is 29.8 Å². The van der Waals surface area contributed by atoms with Gasteiger partial charge in [-0.3, -0.25) is 5.32 Å². The molecule has 8 unspecified atom stereocenters. The molecule has 226 valence electrons. The van der Waals surface area contributed by atoms with Gasteiger partial charge in [-0.1, -0.05) is 19.4 Å². The molecule has 1 aromatic carbocycles. The molecule has 4 aliphatic rings. The molecule has 0 spiro atoms. The minimum Gasteiger partial charge on any atom is -0.435 e. The Morgan fingerprint density at radius 1 is 1.33 bits per heavy atom. The van der Waals surface area contributed by atoms with Crippen molar-refractivity contribution in [1.29, 1.82) is 10.7 Å². The van der Waals surface area contributed by atoms with E-state index in [0.29, 0.717) is 19.3 Å². The number of nitrogens with two attached hydrogens (primary N) is 1. The van der Waals surface area contributed by atoms with Gasteiger partial charge in [-0.05, 0) is 86.8 Å². The molecule has 0 radical (unpaired) electrons. The van der Waals surface area contributed by atoms with Crippen molar-refractivity contribution in [3.63, 3.8) is 0 Å². The van der Waals surface area contributed by atoms with Crippen LogP contribution >= 0.6 is 11.8 Å². The Hall–Kier alpha value is -2.71. The van der Waals surface area contributed by atoms with Crippen molar-refractivity contribution < 1.29 is 34.2 Å². The SMILES string of the molecule is CCOC(=O)OC1(C(O)SCC#N)CCC2C3CCC4=CC([NH2+]c5ccc(F)cc5)=C(C=N)CC4(C)C3C(O)CC21C. The maximum absolute atomic E-state index is 13.5. The van der Waals surface area contributed by atoms with Gasteiger partial charge in [0, 0.05) is 29.3 Å². The molecule has 5 N–H and O–H groups in total. The minimum absolute atomic E-state index is 0.0483. The predicted molar refractivity (Wildman–Crippen MR) is 157 cm³/mol. The standard InChI is InChI=1S/C32H40FN3O5S/c1-4-40-29(39)41-32(28(38)42-14-13-34)12-11-24-23-10-5-20-15-25(36-22-8-6-21(33)7-9-22)19(18-35)16-30(20,2)27(23)26(37)17-31(24,32)3/h6-9,15,18,23-24,26-28,35-38H,4-5,10-12,14,16-17H2,1-3H3/p+1. The second-order valence-corrected chi connectivity index (χ2v) is 13.7. The van der Waals surface area contributed by atoms with Crippen LogP contribution in [0.15, 0.2) is 47.2 Å². The van der Waals surface area contributed by atoms with Gasteiger partial charge in [0.1, 0.15) is 22.6 Å². The fourth-order valence-corrected chi connectivity index (χ4v) is 9.86. The van der Waals surface area contributed by atoms with E-state index in [1.54, 1.807) is 19.1 Å². The third-order valence-electron chi connectivity index (χ3n) is 10.7. The van der Waals surface area contributed by atoms with Gasteiger partial charge in [-0.15, -0.1) is 11.8 Å². The number of rotatable bonds is 8. The van der Waals surface area contributed by atoms with Gasteiger partial charge in [-0.25, -0.2) is 9.18 Å². The lowest BCUT2D eigenvalue weighted by atomic mass is 9.45. The summed E-state index contributed by atoms with van der Waals surface area (Å²) in [6.45, 7) is 6.06. The monoisotopic (exact) mass is 598 g/mol. The summed E-state index contributed by atoms with van der Waals surface area (Å²) in [6.07, 6.45) is 5.77. The number of thioether (sulfide) groups is 1. The fourth-order valence-electron chi connectivity index (χ4n) is 8.92. The summed E-state index contributed by atoms with van der Waals surface area (Å²) >= 11 is 1.06. The number of aliphatic hydroxyl groups excluding tert-OH is 2. The van der Waals surface area contributed by atoms with Crippen molar-refractivity contribution in [2.45, 2.75) is 76.4 Å². The highest BCUT2D eigenvalue weighted by atomic mass is 32.2. The summed E-state index contributed by atoms with van der Waals surface area (Å²) in [4.78, 5) is 12.7. The summed E-state index contributed by atoms with van der Waals surface area (Å²) < 4.78 is 24.6. The zero-order valence-corrected chi connectivity index (χ0v) is 25.3. The average molecular weight is 599 g/mol. The van der Waals surface area contributed by atoms with Crippen LogP contribution in [0.1, 0.15) is 59.3 Å². The number of ether oxygens (including phenoxy) is 2. The number of carbonyl (C=O) groups is 1. The highest BCUT2D eigenvalue weighted by molar-refractivity contribution is 8.00. The van der Waals surface area contributed by atoms with Crippen LogP contribution in [0, 0.1) is 51.1 Å². The number of halogens is 1. The first-order chi connectivity index (χ1) is 20.0. The van der Waals surface area contributed by atoms with Gasteiger partial charge in [0.05, 0.1) is 24.5 Å². The first-order valence-corrected chi connectivity index (χ1v) is 15.8. The summed E-state index contributed by atoms with van der Waals surface area (Å²) in [5.74, 6) is -0.112. The van der Waals surface area contributed by atoms with E-state index in [4.69, 9.17) is 14.9 Å². The molecule has 0 aromatic heterocycles. The van der Waals surface area contributed by atoms with Crippen LogP contribution < -0.4 is 5.32 Å². The number of nitrogens with one attached hydrogen (secondary N) is 1. The zero-order valence-electron chi connectivity index (χ0n) is 24.4. The number of nitriles is 1. The summed E-state index contributed by atoms with van der Waals surface area (Å²) in [5.41, 5.74) is 0.417. The number of quaternary nitrogens is 1. The Balaban J connectivity index is 1.47. The number of aliphatic hydroxyl groups is 2. The van der Waals surface area contributed by atoms with Crippen LogP contribution in [0.2, 0.25) is 0 Å². The molecule has 0 saturated heterocycles. The van der Waals surface area contributed by atoms with Gasteiger partial charge < -0.3 is 25.1 Å². The number of fused-ring (bicyclic) bond motifs is 5. The lowest BCUT2D eigenvalue weighted by Crippen LogP contribution is -2.76. The molecule has 3 fully saturated rings. The van der Waals surface area contributed by atoms with Crippen molar-refractivity contribution in [1.82, 2.24) is 0 Å². The zero-order chi connectivity index (χ0) is 30.3. The van der Waals surface area contributed by atoms with Crippen LogP contribution in [-0.4, -0.2) is 52.1 Å². The largest absolute Gasteiger partial charge is 0.508 e. The van der Waals surface area contributed by atoms with Crippen LogP contribution in [0.25, 0.3) is 0 Å². The maximum atomic E-state index is 13.5. The smallest absolute Gasteiger partial charge is 0.435 e. The Kier molecular flexibility index (Phi) is 8.61. The molecule has 10 heteroatoms. The summed E-state index contributed by atoms with van der Waals surface area (Å²) in [5, 5.41) is 42.8. The van der Waals surface area contributed by atoms with E-state index in [0.717, 1.165) is 48.0 Å². The third kappa shape index (κ3) is 4.98. The molecule has 0 bridgehead atoms. The van der Waals surface area contributed by atoms with E-state index in [2.05, 4.69) is 19.1 Å². The van der Waals surface area contributed by atoms with Crippen molar-refractivity contribution in [3.8, 4) is 6.07 Å². The van der Waals surface area contributed by atoms with Gasteiger partial charge in [0.15, 0.2) is 5.60 Å². The topological polar surface area (TPSA) is 140 Å². The molecule has 8 nitrogen and oxygen atoms in total. The quantitative estimate of drug-likeness (QED) is 0.144. The lowest BCUT2D eigenvalue weighted by molar-refractivity contribution is -0.513. The van der Waals surface area contributed by atoms with E-state index >= 15 is 0 Å². The minimum atomic E-state index is -1.29. The van der Waals surface area contributed by atoms with Crippen LogP contribution in [0.4, 0.5) is 14.9 Å². The maximum Gasteiger partial charge on any atom is 0.508 e. The van der Waals surface area contributed by atoms with E-state index in [1.165, 1.54) is 23.9 Å². The first kappa shape index (κ1) is 30.7. The Labute approximate surface area is 250 Å². The summed E-state index contributed by atoms with van der Waals surface area (Å²) in [6, 6.07) is 8.38. The second kappa shape index (κ2) is 11.8. The molecule has 8 atom stereocenters.